The van der Waals surface area contributed by atoms with Crippen molar-refractivity contribution in [1.29, 1.82) is 0 Å². The Kier molecular flexibility index (Phi) is 13.3. The minimum absolute atomic E-state index is 0.0138. The number of amides is 2. The average molecular weight is 984 g/mol. The highest BCUT2D eigenvalue weighted by Gasteiger charge is 2.62. The molecule has 4 aromatic rings. The predicted molar refractivity (Wildman–Crippen MR) is 247 cm³/mol. The van der Waals surface area contributed by atoms with Crippen molar-refractivity contribution in [3.63, 3.8) is 0 Å². The van der Waals surface area contributed by atoms with Gasteiger partial charge in [-0.05, 0) is 116 Å². The van der Waals surface area contributed by atoms with Gasteiger partial charge in [-0.25, -0.2) is 17.8 Å². The highest BCUT2D eigenvalue weighted by Crippen LogP contribution is 2.58. The first kappa shape index (κ1) is 49.3. The monoisotopic (exact) mass is 983 g/mol. The summed E-state index contributed by atoms with van der Waals surface area (Å²) in [6.45, 7) is 10.6. The maximum atomic E-state index is 14.9. The number of esters is 1. The van der Waals surface area contributed by atoms with E-state index in [1.807, 2.05) is 36.6 Å². The molecule has 8 rings (SSSR count). The number of alkyl halides is 3. The number of fused-ring (bicyclic) bond motifs is 3. The molecule has 2 aliphatic heterocycles. The van der Waals surface area contributed by atoms with Gasteiger partial charge in [0.2, 0.25) is 21.8 Å². The van der Waals surface area contributed by atoms with Gasteiger partial charge in [0.1, 0.15) is 28.0 Å². The first-order chi connectivity index (χ1) is 31.9. The quantitative estimate of drug-likeness (QED) is 0.0918. The number of carbonyl (C=O) groups excluding carboxylic acids is 4. The van der Waals surface area contributed by atoms with Gasteiger partial charge in [-0.1, -0.05) is 31.1 Å². The maximum absolute atomic E-state index is 14.9. The topological polar surface area (TPSA) is 167 Å². The van der Waals surface area contributed by atoms with Crippen molar-refractivity contribution < 1.29 is 54.6 Å². The number of para-hydroxylation sites is 1. The van der Waals surface area contributed by atoms with Crippen molar-refractivity contribution >= 4 is 56.0 Å². The Morgan fingerprint density at radius 2 is 1.79 bits per heavy atom. The number of carbonyl (C=O) groups is 4. The van der Waals surface area contributed by atoms with E-state index in [1.54, 1.807) is 45.2 Å². The third-order valence-corrected chi connectivity index (χ3v) is 16.6. The van der Waals surface area contributed by atoms with Crippen molar-refractivity contribution in [1.82, 2.24) is 24.2 Å². The number of thiazole rings is 1. The summed E-state index contributed by atoms with van der Waals surface area (Å²) in [6, 6.07) is 7.00. The van der Waals surface area contributed by atoms with E-state index in [-0.39, 0.29) is 55.5 Å². The van der Waals surface area contributed by atoms with E-state index in [2.05, 4.69) is 9.71 Å². The van der Waals surface area contributed by atoms with Crippen LogP contribution in [0.1, 0.15) is 124 Å². The van der Waals surface area contributed by atoms with Crippen LogP contribution in [0.5, 0.6) is 6.01 Å². The van der Waals surface area contributed by atoms with E-state index in [0.717, 1.165) is 25.0 Å². The number of halogens is 4. The molecule has 68 heavy (non-hydrogen) atoms. The van der Waals surface area contributed by atoms with Crippen LogP contribution >= 0.6 is 11.3 Å². The molecule has 2 amide bonds. The number of imidazole rings is 1. The van der Waals surface area contributed by atoms with Crippen molar-refractivity contribution in [2.24, 2.45) is 17.3 Å². The molecule has 1 N–H and O–H groups in total. The van der Waals surface area contributed by atoms with Gasteiger partial charge in [-0.3, -0.25) is 28.5 Å². The molecule has 5 atom stereocenters. The summed E-state index contributed by atoms with van der Waals surface area (Å²) in [5, 5.41) is 2.02. The zero-order chi connectivity index (χ0) is 49.1. The lowest BCUT2D eigenvalue weighted by atomic mass is 9.90. The summed E-state index contributed by atoms with van der Waals surface area (Å²) in [7, 11) is -4.02. The van der Waals surface area contributed by atoms with Crippen LogP contribution in [0.3, 0.4) is 0 Å². The highest BCUT2D eigenvalue weighted by atomic mass is 32.2. The van der Waals surface area contributed by atoms with Crippen LogP contribution in [0.15, 0.2) is 53.9 Å². The molecule has 4 heterocycles. The first-order valence-electron chi connectivity index (χ1n) is 23.2. The largest absolute Gasteiger partial charge is 0.460 e. The van der Waals surface area contributed by atoms with Crippen molar-refractivity contribution in [2.75, 3.05) is 6.54 Å². The van der Waals surface area contributed by atoms with Gasteiger partial charge in [0, 0.05) is 41.3 Å². The minimum Gasteiger partial charge on any atom is -0.460 e. The fourth-order valence-electron chi connectivity index (χ4n) is 9.44. The second-order valence-corrected chi connectivity index (χ2v) is 23.3. The Labute approximate surface area is 397 Å². The molecule has 1 saturated heterocycles. The maximum Gasteiger partial charge on any atom is 0.419 e. The van der Waals surface area contributed by atoms with Gasteiger partial charge in [0.25, 0.3) is 6.01 Å². The standard InChI is InChI=1S/C49H57F4N5O8S2/c1-28(2)58-37-16-12-15-33(42-54-36(27-67-42)29-17-18-35(50)34(21-29)49(51,52)53)41(37)55-45(58)65-32-23-38-39(59)25-48(44(62)56-68(63,64)47(6)19-20-47)24-31(48)14-11-9-7-8-10-13-30(43(61)57(38)26-32)22-40(60)66-46(3,4)5/h11-12,14-18,21,27-28,30-32,38H,7-10,13,19-20,22-26H2,1-6H3,(H,56,62)/b14-11-/t30-,31-,32-,38+,48-/m1/s1. The van der Waals surface area contributed by atoms with E-state index in [1.165, 1.54) is 22.3 Å². The van der Waals surface area contributed by atoms with E-state index >= 15 is 0 Å². The van der Waals surface area contributed by atoms with Gasteiger partial charge in [-0.15, -0.1) is 11.3 Å². The molecule has 19 heteroatoms. The Morgan fingerprint density at radius 3 is 2.49 bits per heavy atom. The van der Waals surface area contributed by atoms with Crippen LogP contribution < -0.4 is 9.46 Å². The molecule has 0 bridgehead atoms. The van der Waals surface area contributed by atoms with Gasteiger partial charge in [-0.2, -0.15) is 18.2 Å². The van der Waals surface area contributed by atoms with E-state index in [0.29, 0.717) is 53.7 Å². The summed E-state index contributed by atoms with van der Waals surface area (Å²) < 4.78 is 97.0. The Hall–Kier alpha value is -5.17. The van der Waals surface area contributed by atoms with Crippen molar-refractivity contribution in [3.8, 4) is 27.8 Å². The van der Waals surface area contributed by atoms with Gasteiger partial charge in [0.05, 0.1) is 45.9 Å². The number of sulfonamides is 1. The second-order valence-electron chi connectivity index (χ2n) is 20.3. The third kappa shape index (κ3) is 10.1. The van der Waals surface area contributed by atoms with E-state index in [9.17, 15) is 45.2 Å². The number of Topliss-reactive ketones (excluding diaryl/α,β-unsaturated/α-hetero) is 1. The SMILES string of the molecule is CC(C)n1c(O[C@@H]2C[C@H]3C(=O)C[C@]4(C(=O)NS(=O)(=O)C5(C)CC5)C[C@H]4/C=C\CCCCC[C@H](CC(=O)OC(C)(C)C)C(=O)N3C2)nc2c(-c3nc(-c4ccc(F)c(C(F)(F)F)c4)cs3)cccc21. The molecule has 2 saturated carbocycles. The number of hydrogen-bond acceptors (Lipinski definition) is 11. The summed E-state index contributed by atoms with van der Waals surface area (Å²) in [5.41, 5.74) is -1.55. The lowest BCUT2D eigenvalue weighted by molar-refractivity contribution is -0.159. The number of benzene rings is 2. The van der Waals surface area contributed by atoms with E-state index in [4.69, 9.17) is 14.5 Å². The van der Waals surface area contributed by atoms with Crippen molar-refractivity contribution in [2.45, 2.75) is 147 Å². The zero-order valence-electron chi connectivity index (χ0n) is 39.0. The predicted octanol–water partition coefficient (Wildman–Crippen LogP) is 9.75. The number of rotatable bonds is 10. The number of aromatic nitrogens is 3. The second kappa shape index (κ2) is 18.3. The van der Waals surface area contributed by atoms with Crippen LogP contribution in [0, 0.1) is 23.1 Å². The molecule has 2 aromatic heterocycles. The Balaban J connectivity index is 1.12. The van der Waals surface area contributed by atoms with Gasteiger partial charge < -0.3 is 14.4 Å². The minimum atomic E-state index is -4.90. The molecule has 0 unspecified atom stereocenters. The first-order valence-corrected chi connectivity index (χ1v) is 25.5. The van der Waals surface area contributed by atoms with Gasteiger partial charge in [0.15, 0.2) is 5.78 Å². The number of ether oxygens (including phenoxy) is 2. The summed E-state index contributed by atoms with van der Waals surface area (Å²) >= 11 is 1.18. The number of nitrogens with one attached hydrogen (secondary N) is 1. The number of hydrogen-bond donors (Lipinski definition) is 1. The Morgan fingerprint density at radius 1 is 1.04 bits per heavy atom. The molecule has 0 radical (unpaired) electrons. The average Bonchev–Trinajstić information content (AvgIpc) is 3.92. The zero-order valence-corrected chi connectivity index (χ0v) is 40.6. The number of nitrogens with zero attached hydrogens (tertiary/aromatic N) is 4. The molecular weight excluding hydrogens is 927 g/mol. The lowest BCUT2D eigenvalue weighted by Gasteiger charge is -2.29. The summed E-state index contributed by atoms with van der Waals surface area (Å²) in [4.78, 5) is 68.1. The fourth-order valence-corrected chi connectivity index (χ4v) is 11.6. The van der Waals surface area contributed by atoms with Crippen LogP contribution in [-0.2, 0) is 40.1 Å². The highest BCUT2D eigenvalue weighted by molar-refractivity contribution is 7.91. The molecule has 3 fully saturated rings. The van der Waals surface area contributed by atoms with Crippen molar-refractivity contribution in [3.05, 3.63) is 65.3 Å². The molecule has 366 valence electrons. The van der Waals surface area contributed by atoms with Gasteiger partial charge >= 0.3 is 12.1 Å². The molecule has 2 aromatic carbocycles. The molecular formula is C49H57F4N5O8S2. The van der Waals surface area contributed by atoms with E-state index < -0.39 is 90.9 Å². The normalized spacial score (nSPS) is 25.0. The third-order valence-electron chi connectivity index (χ3n) is 13.6. The molecule has 0 spiro atoms. The van der Waals surface area contributed by atoms with Crippen LogP contribution in [0.2, 0.25) is 0 Å². The molecule has 2 aliphatic carbocycles. The number of ketones is 1. The smallest absolute Gasteiger partial charge is 0.419 e. The molecule has 13 nitrogen and oxygen atoms in total. The van der Waals surface area contributed by atoms with Crippen LogP contribution in [0.4, 0.5) is 17.6 Å². The van der Waals surface area contributed by atoms with Crippen LogP contribution in [0.25, 0.3) is 32.9 Å². The summed E-state index contributed by atoms with van der Waals surface area (Å²) in [6.07, 6.45) is 1.96. The fraction of sp³-hybridized carbons (Fsp3) is 0.551. The summed E-state index contributed by atoms with van der Waals surface area (Å²) in [5.74, 6) is -4.74. The van der Waals surface area contributed by atoms with Crippen LogP contribution in [-0.4, -0.2) is 80.5 Å². The molecule has 4 aliphatic rings. The Bertz CT molecular complexity index is 2770. The number of allylic oxidation sites excluding steroid dienone is 2. The lowest BCUT2D eigenvalue weighted by Crippen LogP contribution is -2.47.